The van der Waals surface area contributed by atoms with Gasteiger partial charge in [-0.05, 0) is 13.0 Å². The molecule has 2 heterocycles. The van der Waals surface area contributed by atoms with Crippen LogP contribution in [0.2, 0.25) is 5.02 Å². The largest absolute Gasteiger partial charge is 0.446 e. The summed E-state index contributed by atoms with van der Waals surface area (Å²) < 4.78 is 40.5. The summed E-state index contributed by atoms with van der Waals surface area (Å²) in [5, 5.41) is 13.4. The van der Waals surface area contributed by atoms with Gasteiger partial charge >= 0.3 is 11.7 Å². The number of H-pyrrole nitrogens is 1. The van der Waals surface area contributed by atoms with Gasteiger partial charge in [0.25, 0.3) is 11.7 Å². The number of nitrogens with one attached hydrogen (secondary N) is 3. The molecule has 1 aliphatic rings. The minimum atomic E-state index is -5.01. The van der Waals surface area contributed by atoms with Gasteiger partial charge in [-0.15, -0.1) is 0 Å². The minimum Gasteiger partial charge on any atom is -0.324 e. The Morgan fingerprint density at radius 2 is 2.14 bits per heavy atom. The van der Waals surface area contributed by atoms with E-state index >= 15 is 0 Å². The van der Waals surface area contributed by atoms with Gasteiger partial charge in [0.15, 0.2) is 0 Å². The predicted molar refractivity (Wildman–Crippen MR) is 66.9 cm³/mol. The fraction of sp³-hybridized carbons (Fsp3) is 0.250. The molecule has 0 aromatic carbocycles. The lowest BCUT2D eigenvalue weighted by Crippen LogP contribution is -2.59. The monoisotopic (exact) mass is 317 g/mol. The number of alkyl halides is 3. The fourth-order valence-corrected chi connectivity index (χ4v) is 2.15. The van der Waals surface area contributed by atoms with Crippen LogP contribution >= 0.6 is 11.6 Å². The van der Waals surface area contributed by atoms with Crippen LogP contribution in [-0.4, -0.2) is 17.6 Å². The third kappa shape index (κ3) is 2.29. The number of amides is 1. The molecule has 0 aliphatic carbocycles. The van der Waals surface area contributed by atoms with Gasteiger partial charge in [-0.1, -0.05) is 11.6 Å². The van der Waals surface area contributed by atoms with Crippen molar-refractivity contribution >= 4 is 23.3 Å². The quantitative estimate of drug-likeness (QED) is 0.873. The summed E-state index contributed by atoms with van der Waals surface area (Å²) in [6.07, 6.45) is -3.75. The molecule has 1 aromatic heterocycles. The minimum absolute atomic E-state index is 0.102. The van der Waals surface area contributed by atoms with E-state index in [1.165, 1.54) is 31.3 Å². The van der Waals surface area contributed by atoms with Gasteiger partial charge < -0.3 is 5.32 Å². The molecule has 0 saturated heterocycles. The van der Waals surface area contributed by atoms with Crippen LogP contribution in [0, 0.1) is 11.3 Å². The van der Waals surface area contributed by atoms with E-state index in [1.54, 1.807) is 0 Å². The Hall–Kier alpha value is -2.27. The number of carbonyl (C=O) groups is 1. The average molecular weight is 318 g/mol. The number of allylic oxidation sites excluding steroid dienone is 1. The highest BCUT2D eigenvalue weighted by Crippen LogP contribution is 2.42. The SMILES string of the molecule is CC1=C(C#N)[C@](Nc2ccc(Cl)c[nH+]2)(C(F)(F)F)C(=O)N1. The van der Waals surface area contributed by atoms with Crippen LogP contribution in [0.4, 0.5) is 19.0 Å². The Labute approximate surface area is 122 Å². The second-order valence-corrected chi connectivity index (χ2v) is 4.80. The van der Waals surface area contributed by atoms with Gasteiger partial charge in [0.2, 0.25) is 0 Å². The molecule has 1 atom stereocenters. The van der Waals surface area contributed by atoms with E-state index in [0.717, 1.165) is 0 Å². The summed E-state index contributed by atoms with van der Waals surface area (Å²) in [7, 11) is 0. The standard InChI is InChI=1S/C12H8ClF3N4O/c1-6-8(4-17)11(10(21)19-6,12(14,15)16)20-9-3-2-7(13)5-18-9/h2-3,5H,1H3,(H,18,20)(H,19,21)/p+1/t11-/m1/s1. The zero-order valence-electron chi connectivity index (χ0n) is 10.6. The van der Waals surface area contributed by atoms with Gasteiger partial charge in [0, 0.05) is 11.8 Å². The summed E-state index contributed by atoms with van der Waals surface area (Å²) >= 11 is 5.64. The molecule has 2 rings (SSSR count). The molecule has 1 amide bonds. The molecule has 1 aliphatic heterocycles. The van der Waals surface area contributed by atoms with E-state index < -0.39 is 23.2 Å². The van der Waals surface area contributed by atoms with Gasteiger partial charge in [0.1, 0.15) is 17.8 Å². The Bertz CT molecular complexity index is 663. The summed E-state index contributed by atoms with van der Waals surface area (Å²) in [4.78, 5) is 14.4. The van der Waals surface area contributed by atoms with Gasteiger partial charge in [-0.3, -0.25) is 4.79 Å². The number of anilines is 1. The Balaban J connectivity index is 2.57. The molecule has 0 unspecified atom stereocenters. The van der Waals surface area contributed by atoms with E-state index in [2.05, 4.69) is 10.3 Å². The van der Waals surface area contributed by atoms with E-state index in [4.69, 9.17) is 16.9 Å². The van der Waals surface area contributed by atoms with Crippen molar-refractivity contribution < 1.29 is 22.9 Å². The highest BCUT2D eigenvalue weighted by molar-refractivity contribution is 6.30. The maximum atomic E-state index is 13.5. The number of aromatic amines is 1. The summed E-state index contributed by atoms with van der Waals surface area (Å²) in [5.41, 5.74) is -3.99. The number of rotatable bonds is 2. The lowest BCUT2D eigenvalue weighted by atomic mass is 9.90. The second-order valence-electron chi connectivity index (χ2n) is 4.36. The number of hydrogen-bond donors (Lipinski definition) is 2. The fourth-order valence-electron chi connectivity index (χ4n) is 2.04. The molecule has 0 radical (unpaired) electrons. The molecular formula is C12H9ClF3N4O+. The lowest BCUT2D eigenvalue weighted by Gasteiger charge is -2.26. The van der Waals surface area contributed by atoms with Crippen LogP contribution in [0.1, 0.15) is 6.92 Å². The molecule has 0 spiro atoms. The highest BCUT2D eigenvalue weighted by atomic mass is 35.5. The smallest absolute Gasteiger partial charge is 0.324 e. The normalized spacial score (nSPS) is 22.0. The maximum absolute atomic E-state index is 13.5. The maximum Gasteiger partial charge on any atom is 0.446 e. The molecule has 21 heavy (non-hydrogen) atoms. The van der Waals surface area contributed by atoms with Crippen LogP contribution < -0.4 is 15.6 Å². The van der Waals surface area contributed by atoms with Crippen molar-refractivity contribution in [2.75, 3.05) is 5.32 Å². The molecule has 5 nitrogen and oxygen atoms in total. The number of aromatic nitrogens is 1. The van der Waals surface area contributed by atoms with Crippen molar-refractivity contribution in [1.82, 2.24) is 5.32 Å². The van der Waals surface area contributed by atoms with E-state index in [1.807, 2.05) is 5.32 Å². The summed E-state index contributed by atoms with van der Waals surface area (Å²) in [6.45, 7) is 1.23. The second kappa shape index (κ2) is 4.93. The predicted octanol–water partition coefficient (Wildman–Crippen LogP) is 1.79. The van der Waals surface area contributed by atoms with E-state index in [-0.39, 0.29) is 16.5 Å². The van der Waals surface area contributed by atoms with E-state index in [9.17, 15) is 18.0 Å². The van der Waals surface area contributed by atoms with Crippen molar-refractivity contribution in [1.29, 1.82) is 5.26 Å². The molecule has 0 bridgehead atoms. The lowest BCUT2D eigenvalue weighted by molar-refractivity contribution is -0.362. The van der Waals surface area contributed by atoms with Crippen molar-refractivity contribution in [3.8, 4) is 6.07 Å². The zero-order valence-corrected chi connectivity index (χ0v) is 11.4. The first-order valence-electron chi connectivity index (χ1n) is 5.67. The number of halogens is 4. The first kappa shape index (κ1) is 15.1. The first-order chi connectivity index (χ1) is 9.72. The van der Waals surface area contributed by atoms with Gasteiger partial charge in [-0.25, -0.2) is 10.3 Å². The zero-order chi connectivity index (χ0) is 15.8. The third-order valence-corrected chi connectivity index (χ3v) is 3.26. The average Bonchev–Trinajstić information content (AvgIpc) is 2.63. The van der Waals surface area contributed by atoms with E-state index in [0.29, 0.717) is 0 Å². The first-order valence-corrected chi connectivity index (χ1v) is 6.05. The molecule has 9 heteroatoms. The Kier molecular flexibility index (Phi) is 3.55. The summed E-state index contributed by atoms with van der Waals surface area (Å²) in [5.74, 6) is -1.46. The molecule has 0 saturated carbocycles. The number of carbonyl (C=O) groups excluding carboxylic acids is 1. The van der Waals surface area contributed by atoms with Crippen molar-refractivity contribution in [2.24, 2.45) is 0 Å². The van der Waals surface area contributed by atoms with Crippen LogP contribution in [-0.2, 0) is 4.79 Å². The number of nitriles is 1. The van der Waals surface area contributed by atoms with Crippen LogP contribution in [0.3, 0.4) is 0 Å². The highest BCUT2D eigenvalue weighted by Gasteiger charge is 2.70. The molecule has 1 aromatic rings. The molecule has 3 N–H and O–H groups in total. The number of pyridine rings is 1. The molecule has 0 fully saturated rings. The van der Waals surface area contributed by atoms with Crippen LogP contribution in [0.15, 0.2) is 29.6 Å². The van der Waals surface area contributed by atoms with Crippen molar-refractivity contribution in [3.63, 3.8) is 0 Å². The van der Waals surface area contributed by atoms with Gasteiger partial charge in [-0.2, -0.15) is 18.4 Å². The number of nitrogens with zero attached hydrogens (tertiary/aromatic N) is 1. The topological polar surface area (TPSA) is 79.1 Å². The number of hydrogen-bond acceptors (Lipinski definition) is 3. The Morgan fingerprint density at radius 1 is 1.48 bits per heavy atom. The van der Waals surface area contributed by atoms with Crippen molar-refractivity contribution in [2.45, 2.75) is 18.6 Å². The van der Waals surface area contributed by atoms with Crippen LogP contribution in [0.25, 0.3) is 0 Å². The molecule has 110 valence electrons. The van der Waals surface area contributed by atoms with Crippen molar-refractivity contribution in [3.05, 3.63) is 34.6 Å². The summed E-state index contributed by atoms with van der Waals surface area (Å²) in [6, 6.07) is 4.04. The molecular weight excluding hydrogens is 309 g/mol. The Morgan fingerprint density at radius 3 is 2.62 bits per heavy atom. The van der Waals surface area contributed by atoms with Crippen LogP contribution in [0.5, 0.6) is 0 Å². The third-order valence-electron chi connectivity index (χ3n) is 3.03. The van der Waals surface area contributed by atoms with Gasteiger partial charge in [0.05, 0.1) is 5.02 Å².